The molecule has 4 aromatic carbocycles. The van der Waals surface area contributed by atoms with Crippen LogP contribution >= 0.6 is 34.8 Å². The van der Waals surface area contributed by atoms with Crippen molar-refractivity contribution in [3.8, 4) is 0 Å². The zero-order chi connectivity index (χ0) is 48.0. The first-order valence-electron chi connectivity index (χ1n) is 20.0. The molecule has 2 atom stereocenters. The summed E-state index contributed by atoms with van der Waals surface area (Å²) in [5, 5.41) is 17.7. The maximum absolute atomic E-state index is 13.9. The van der Waals surface area contributed by atoms with Crippen molar-refractivity contribution in [2.24, 2.45) is 10.3 Å². The number of nitrogens with zero attached hydrogens (tertiary/aromatic N) is 2. The second kappa shape index (κ2) is 21.7. The van der Waals surface area contributed by atoms with Crippen LogP contribution < -0.4 is 21.3 Å². The van der Waals surface area contributed by atoms with E-state index in [-0.39, 0.29) is 60.3 Å². The zero-order valence-electron chi connectivity index (χ0n) is 35.9. The number of benzene rings is 4. The van der Waals surface area contributed by atoms with Gasteiger partial charge in [-0.05, 0) is 112 Å². The van der Waals surface area contributed by atoms with E-state index in [1.54, 1.807) is 51.1 Å². The van der Waals surface area contributed by atoms with E-state index >= 15 is 0 Å². The summed E-state index contributed by atoms with van der Waals surface area (Å²) in [6.45, 7) is 11.1. The Kier molecular flexibility index (Phi) is 17.4. The monoisotopic (exact) mass is 980 g/mol. The van der Waals surface area contributed by atoms with Crippen molar-refractivity contribution >= 4 is 69.9 Å². The largest absolute Gasteiger partial charge is 0.419 e. The average Bonchev–Trinajstić information content (AvgIpc) is 3.86. The number of oxime groups is 2. The summed E-state index contributed by atoms with van der Waals surface area (Å²) in [5.74, 6) is -3.53. The van der Waals surface area contributed by atoms with Crippen molar-refractivity contribution < 1.29 is 50.8 Å². The molecule has 0 fully saturated rings. The van der Waals surface area contributed by atoms with Crippen molar-refractivity contribution in [2.45, 2.75) is 79.2 Å². The second-order valence-corrected chi connectivity index (χ2v) is 16.7. The lowest BCUT2D eigenvalue weighted by molar-refractivity contribution is -0.140. The Morgan fingerprint density at radius 3 is 1.38 bits per heavy atom. The Morgan fingerprint density at radius 2 is 1.02 bits per heavy atom. The summed E-state index contributed by atoms with van der Waals surface area (Å²) < 4.78 is 67.4. The van der Waals surface area contributed by atoms with Crippen LogP contribution in [0.25, 0.3) is 0 Å². The lowest BCUT2D eigenvalue weighted by Gasteiger charge is -2.23. The number of rotatable bonds is 12. The van der Waals surface area contributed by atoms with Crippen molar-refractivity contribution in [1.82, 2.24) is 21.3 Å². The van der Waals surface area contributed by atoms with E-state index < -0.39 is 45.5 Å². The van der Waals surface area contributed by atoms with Gasteiger partial charge in [-0.2, -0.15) is 13.2 Å². The van der Waals surface area contributed by atoms with Gasteiger partial charge in [0.05, 0.1) is 45.1 Å². The summed E-state index contributed by atoms with van der Waals surface area (Å²) in [7, 11) is 0. The van der Waals surface area contributed by atoms with Crippen LogP contribution in [0.4, 0.5) is 22.0 Å². The Morgan fingerprint density at radius 1 is 0.636 bits per heavy atom. The fourth-order valence-electron chi connectivity index (χ4n) is 6.89. The van der Waals surface area contributed by atoms with E-state index in [0.717, 1.165) is 17.2 Å². The van der Waals surface area contributed by atoms with Gasteiger partial charge in [-0.15, -0.1) is 0 Å². The molecule has 0 aliphatic carbocycles. The minimum atomic E-state index is -4.92. The van der Waals surface area contributed by atoms with Crippen molar-refractivity contribution in [2.75, 3.05) is 26.2 Å². The lowest BCUT2D eigenvalue weighted by Crippen LogP contribution is -2.37. The van der Waals surface area contributed by atoms with Crippen LogP contribution in [0.3, 0.4) is 0 Å². The third-order valence-corrected chi connectivity index (χ3v) is 11.3. The van der Waals surface area contributed by atoms with Crippen LogP contribution in [0.5, 0.6) is 0 Å². The van der Waals surface area contributed by atoms with Gasteiger partial charge < -0.3 is 30.9 Å². The Balaban J connectivity index is 0.000000285. The molecule has 0 bridgehead atoms. The number of carbonyl (C=O) groups is 4. The number of halogens is 8. The molecule has 0 radical (unpaired) electrons. The molecule has 2 heterocycles. The van der Waals surface area contributed by atoms with Gasteiger partial charge in [0.25, 0.3) is 11.8 Å². The minimum absolute atomic E-state index is 0. The average molecular weight is 982 g/mol. The quantitative estimate of drug-likeness (QED) is 0.0818. The summed E-state index contributed by atoms with van der Waals surface area (Å²) in [5.41, 5.74) is 1.67. The van der Waals surface area contributed by atoms with Crippen LogP contribution in [0.15, 0.2) is 71.0 Å². The van der Waals surface area contributed by atoms with Crippen LogP contribution in [-0.4, -0.2) is 61.2 Å². The highest BCUT2D eigenvalue weighted by molar-refractivity contribution is 6.35. The fraction of sp³-hybridized carbons (Fsp3) is 0.348. The van der Waals surface area contributed by atoms with Crippen LogP contribution in [0.2, 0.25) is 15.1 Å². The first kappa shape index (κ1) is 52.8. The molecule has 2 unspecified atom stereocenters. The summed E-state index contributed by atoms with van der Waals surface area (Å²) in [6.07, 6.45) is -4.42. The van der Waals surface area contributed by atoms with E-state index in [2.05, 4.69) is 31.6 Å². The number of alkyl halides is 3. The Bertz CT molecular complexity index is 2570. The van der Waals surface area contributed by atoms with Gasteiger partial charge in [-0.1, -0.05) is 64.7 Å². The molecule has 354 valence electrons. The van der Waals surface area contributed by atoms with Gasteiger partial charge in [-0.3, -0.25) is 19.2 Å². The first-order chi connectivity index (χ1) is 30.5. The smallest absolute Gasteiger partial charge is 0.384 e. The van der Waals surface area contributed by atoms with Crippen molar-refractivity contribution in [3.63, 3.8) is 0 Å². The Labute approximate surface area is 393 Å². The molecule has 4 N–H and O–H groups in total. The predicted octanol–water partition coefficient (Wildman–Crippen LogP) is 9.69. The number of hydrogen-bond acceptors (Lipinski definition) is 8. The number of hydrogen-bond donors (Lipinski definition) is 4. The van der Waals surface area contributed by atoms with Gasteiger partial charge >= 0.3 is 6.18 Å². The molecule has 20 heteroatoms. The van der Waals surface area contributed by atoms with Gasteiger partial charge in [0.1, 0.15) is 0 Å². The molecule has 0 saturated heterocycles. The van der Waals surface area contributed by atoms with E-state index in [0.29, 0.717) is 64.8 Å². The van der Waals surface area contributed by atoms with Crippen LogP contribution in [0.1, 0.15) is 108 Å². The summed E-state index contributed by atoms with van der Waals surface area (Å²) in [4.78, 5) is 59.0. The molecule has 6 rings (SSSR count). The molecule has 0 aromatic heterocycles. The van der Waals surface area contributed by atoms with E-state index in [9.17, 15) is 41.1 Å². The predicted molar refractivity (Wildman–Crippen MR) is 243 cm³/mol. The maximum Gasteiger partial charge on any atom is 0.419 e. The molecule has 2 aliphatic heterocycles. The summed E-state index contributed by atoms with van der Waals surface area (Å²) >= 11 is 17.6. The normalized spacial score (nSPS) is 17.4. The van der Waals surface area contributed by atoms with Crippen LogP contribution in [-0.2, 0) is 36.6 Å². The lowest BCUT2D eigenvalue weighted by atomic mass is 9.87. The number of likely N-dealkylation sites (N-methyl/N-ethyl adjacent to an activating group) is 2. The van der Waals surface area contributed by atoms with Crippen LogP contribution in [0, 0.1) is 25.5 Å². The van der Waals surface area contributed by atoms with Gasteiger partial charge in [0.2, 0.25) is 11.8 Å². The number of amides is 4. The Hall–Kier alpha value is -5.78. The van der Waals surface area contributed by atoms with E-state index in [1.807, 2.05) is 19.9 Å². The molecule has 4 amide bonds. The van der Waals surface area contributed by atoms with Crippen molar-refractivity contribution in [3.05, 3.63) is 137 Å². The van der Waals surface area contributed by atoms with Crippen molar-refractivity contribution in [1.29, 1.82) is 0 Å². The van der Waals surface area contributed by atoms with E-state index in [1.165, 1.54) is 19.1 Å². The molecule has 0 spiro atoms. The molecule has 12 nitrogen and oxygen atoms in total. The maximum atomic E-state index is 13.9. The number of carbonyl (C=O) groups excluding carboxylic acids is 4. The molecule has 0 saturated carbocycles. The highest BCUT2D eigenvalue weighted by Gasteiger charge is 2.42. The molecule has 66 heavy (non-hydrogen) atoms. The molecular formula is C46H48Cl3F5N6O6. The highest BCUT2D eigenvalue weighted by atomic mass is 35.5. The third-order valence-electron chi connectivity index (χ3n) is 10.4. The van der Waals surface area contributed by atoms with E-state index in [4.69, 9.17) is 44.5 Å². The number of aryl methyl sites for hydroxylation is 2. The zero-order valence-corrected chi connectivity index (χ0v) is 38.2. The SMILES string of the molecule is C.CCNC(=O)CNC(=O)c1ccc(C2=NOC(C)(c3cc(Cl)c(F)c(C(F)(F)F)c3)C2)cc1C.CCNC(=O)CNC(=O)c1ccc(C2=NOC(C)(c3cc(Cl)c(F)c(Cl)c3)C2)cc1C. The fourth-order valence-corrected chi connectivity index (χ4v) is 7.59. The first-order valence-corrected chi connectivity index (χ1v) is 21.2. The van der Waals surface area contributed by atoms with Gasteiger partial charge in [0, 0.05) is 48.2 Å². The highest BCUT2D eigenvalue weighted by Crippen LogP contribution is 2.43. The van der Waals surface area contributed by atoms with Gasteiger partial charge in [-0.25, -0.2) is 8.78 Å². The minimum Gasteiger partial charge on any atom is -0.384 e. The second-order valence-electron chi connectivity index (χ2n) is 15.5. The summed E-state index contributed by atoms with van der Waals surface area (Å²) in [6, 6.07) is 14.9. The molecular weight excluding hydrogens is 934 g/mol. The molecule has 2 aliphatic rings. The standard InChI is InChI=1S/C23H22ClF4N3O3.C22H22Cl2FN3O3.CH4/c1-4-29-19(32)11-30-21(33)15-6-5-13(7-12(15)2)18-10-22(3,34-31-18)14-8-16(23(26,27)28)20(25)17(24)9-14;1-4-26-19(29)11-27-21(30)15-6-5-13(7-12(15)2)18-10-22(3,31-28-18)14-8-16(23)20(25)17(24)9-14;/h5-9H,4,10-11H2,1-3H3,(H,29,32)(H,30,33);5-9H,4,10-11H2,1-3H3,(H,26,29)(H,27,30);1H4. The molecule has 4 aromatic rings. The topological polar surface area (TPSA) is 160 Å². The third kappa shape index (κ3) is 12.4. The number of nitrogens with one attached hydrogen (secondary N) is 4. The van der Waals surface area contributed by atoms with Gasteiger partial charge in [0.15, 0.2) is 22.8 Å².